The average molecular weight is 228 g/mol. The molecule has 0 aliphatic rings. The molecule has 0 aliphatic heterocycles. The van der Waals surface area contributed by atoms with E-state index in [2.05, 4.69) is 0 Å². The van der Waals surface area contributed by atoms with Crippen LogP contribution in [0, 0.1) is 0 Å². The van der Waals surface area contributed by atoms with Crippen LogP contribution >= 0.6 is 0 Å². The first-order valence-electron chi connectivity index (χ1n) is 4.55. The molecule has 0 saturated carbocycles. The Morgan fingerprint density at radius 1 is 1.27 bits per heavy atom. The summed E-state index contributed by atoms with van der Waals surface area (Å²) in [5, 5.41) is 0. The van der Waals surface area contributed by atoms with Crippen LogP contribution in [0.5, 0.6) is 0 Å². The van der Waals surface area contributed by atoms with Gasteiger partial charge in [-0.2, -0.15) is 0 Å². The molecule has 15 heavy (non-hydrogen) atoms. The van der Waals surface area contributed by atoms with Gasteiger partial charge < -0.3 is 4.74 Å². The molecular weight excluding hydrogens is 212 g/mol. The molecule has 3 nitrogen and oxygen atoms in total. The molecule has 0 N–H and O–H groups in total. The molecule has 0 aromatic heterocycles. The molecule has 0 amide bonds. The van der Waals surface area contributed by atoms with E-state index in [4.69, 9.17) is 4.74 Å². The monoisotopic (exact) mass is 228 g/mol. The van der Waals surface area contributed by atoms with Crippen molar-refractivity contribution in [3.8, 4) is 0 Å². The van der Waals surface area contributed by atoms with Gasteiger partial charge in [0, 0.05) is 23.3 Å². The fourth-order valence-corrected chi connectivity index (χ4v) is 0.789. The molecule has 0 bridgehead atoms. The number of ether oxygens (including phenoxy) is 1. The predicted octanol–water partition coefficient (Wildman–Crippen LogP) is 1.86. The van der Waals surface area contributed by atoms with Gasteiger partial charge in [-0.15, -0.1) is 0 Å². The van der Waals surface area contributed by atoms with Crippen molar-refractivity contribution >= 4 is 16.8 Å². The van der Waals surface area contributed by atoms with Gasteiger partial charge in [-0.25, -0.2) is 4.79 Å². The zero-order chi connectivity index (χ0) is 11.7. The Balaban J connectivity index is 0.000000423. The molecular formula is C11H16O3S. The SMILES string of the molecule is CCOC(=O)c1ccccc1.CS(C)=O. The lowest BCUT2D eigenvalue weighted by molar-refractivity contribution is 0.0526. The summed E-state index contributed by atoms with van der Waals surface area (Å²) in [7, 11) is -0.611. The maximum atomic E-state index is 11.0. The van der Waals surface area contributed by atoms with Crippen LogP contribution in [-0.2, 0) is 15.5 Å². The molecule has 84 valence electrons. The van der Waals surface area contributed by atoms with Crippen LogP contribution in [0.3, 0.4) is 0 Å². The van der Waals surface area contributed by atoms with Gasteiger partial charge in [0.1, 0.15) is 0 Å². The Bertz CT molecular complexity index is 305. The number of esters is 1. The van der Waals surface area contributed by atoms with Crippen molar-refractivity contribution in [2.75, 3.05) is 19.1 Å². The van der Waals surface area contributed by atoms with Crippen LogP contribution in [0.1, 0.15) is 17.3 Å². The van der Waals surface area contributed by atoms with E-state index in [0.29, 0.717) is 12.2 Å². The fraction of sp³-hybridized carbons (Fsp3) is 0.364. The Morgan fingerprint density at radius 2 is 1.73 bits per heavy atom. The zero-order valence-electron chi connectivity index (χ0n) is 9.23. The van der Waals surface area contributed by atoms with E-state index in [1.165, 1.54) is 0 Å². The van der Waals surface area contributed by atoms with Gasteiger partial charge in [0.05, 0.1) is 12.2 Å². The Morgan fingerprint density at radius 3 is 2.13 bits per heavy atom. The third kappa shape index (κ3) is 7.88. The Labute approximate surface area is 92.9 Å². The molecule has 1 aromatic rings. The van der Waals surface area contributed by atoms with E-state index < -0.39 is 10.8 Å². The van der Waals surface area contributed by atoms with Gasteiger partial charge >= 0.3 is 5.97 Å². The molecule has 0 fully saturated rings. The molecule has 4 heteroatoms. The van der Waals surface area contributed by atoms with Crippen molar-refractivity contribution in [1.29, 1.82) is 0 Å². The second-order valence-electron chi connectivity index (χ2n) is 2.83. The molecule has 0 atom stereocenters. The maximum Gasteiger partial charge on any atom is 0.338 e. The maximum absolute atomic E-state index is 11.0. The number of hydrogen-bond donors (Lipinski definition) is 0. The lowest BCUT2D eigenvalue weighted by atomic mass is 10.2. The highest BCUT2D eigenvalue weighted by Crippen LogP contribution is 1.99. The summed E-state index contributed by atoms with van der Waals surface area (Å²) < 4.78 is 14.3. The van der Waals surface area contributed by atoms with E-state index in [0.717, 1.165) is 0 Å². The van der Waals surface area contributed by atoms with E-state index in [-0.39, 0.29) is 5.97 Å². The molecule has 0 aliphatic carbocycles. The molecule has 0 unspecified atom stereocenters. The Hall–Kier alpha value is -1.16. The number of carbonyl (C=O) groups excluding carboxylic acids is 1. The molecule has 0 heterocycles. The van der Waals surface area contributed by atoms with Crippen molar-refractivity contribution in [2.45, 2.75) is 6.92 Å². The van der Waals surface area contributed by atoms with E-state index in [1.54, 1.807) is 31.6 Å². The molecule has 0 radical (unpaired) electrons. The number of carbonyl (C=O) groups is 1. The minimum absolute atomic E-state index is 0.256. The number of rotatable bonds is 2. The van der Waals surface area contributed by atoms with Crippen LogP contribution in [0.15, 0.2) is 30.3 Å². The third-order valence-corrected chi connectivity index (χ3v) is 1.28. The minimum atomic E-state index is -0.611. The highest BCUT2D eigenvalue weighted by Gasteiger charge is 2.02. The van der Waals surface area contributed by atoms with Crippen molar-refractivity contribution in [3.63, 3.8) is 0 Å². The second kappa shape index (κ2) is 8.17. The highest BCUT2D eigenvalue weighted by atomic mass is 32.2. The van der Waals surface area contributed by atoms with Gasteiger partial charge in [-0.05, 0) is 19.1 Å². The van der Waals surface area contributed by atoms with Crippen LogP contribution in [-0.4, -0.2) is 29.3 Å². The summed E-state index contributed by atoms with van der Waals surface area (Å²) in [6, 6.07) is 8.96. The summed E-state index contributed by atoms with van der Waals surface area (Å²) in [5.41, 5.74) is 0.606. The topological polar surface area (TPSA) is 43.4 Å². The lowest BCUT2D eigenvalue weighted by Gasteiger charge is -1.99. The number of benzene rings is 1. The van der Waals surface area contributed by atoms with Crippen molar-refractivity contribution in [1.82, 2.24) is 0 Å². The third-order valence-electron chi connectivity index (χ3n) is 1.28. The summed E-state index contributed by atoms with van der Waals surface area (Å²) in [4.78, 5) is 11.0. The van der Waals surface area contributed by atoms with E-state index in [1.807, 2.05) is 18.2 Å². The highest BCUT2D eigenvalue weighted by molar-refractivity contribution is 7.83. The van der Waals surface area contributed by atoms with Crippen LogP contribution < -0.4 is 0 Å². The van der Waals surface area contributed by atoms with Crippen LogP contribution in [0.25, 0.3) is 0 Å². The normalized spacial score (nSPS) is 9.07. The van der Waals surface area contributed by atoms with Crippen molar-refractivity contribution < 1.29 is 13.7 Å². The summed E-state index contributed by atoms with van der Waals surface area (Å²) >= 11 is 0. The first-order valence-corrected chi connectivity index (χ1v) is 6.51. The smallest absolute Gasteiger partial charge is 0.338 e. The first-order chi connectivity index (χ1) is 7.07. The van der Waals surface area contributed by atoms with Gasteiger partial charge in [-0.3, -0.25) is 4.21 Å². The average Bonchev–Trinajstić information content (AvgIpc) is 2.19. The van der Waals surface area contributed by atoms with E-state index in [9.17, 15) is 9.00 Å². The minimum Gasteiger partial charge on any atom is -0.462 e. The van der Waals surface area contributed by atoms with Crippen LogP contribution in [0.2, 0.25) is 0 Å². The van der Waals surface area contributed by atoms with Gasteiger partial charge in [0.2, 0.25) is 0 Å². The largest absolute Gasteiger partial charge is 0.462 e. The fourth-order valence-electron chi connectivity index (χ4n) is 0.789. The second-order valence-corrected chi connectivity index (χ2v) is 4.31. The van der Waals surface area contributed by atoms with Gasteiger partial charge in [-0.1, -0.05) is 18.2 Å². The van der Waals surface area contributed by atoms with E-state index >= 15 is 0 Å². The van der Waals surface area contributed by atoms with Crippen LogP contribution in [0.4, 0.5) is 0 Å². The predicted molar refractivity (Wildman–Crippen MR) is 62.4 cm³/mol. The summed E-state index contributed by atoms with van der Waals surface area (Å²) in [6.45, 7) is 2.22. The first kappa shape index (κ1) is 13.8. The molecule has 1 aromatic carbocycles. The van der Waals surface area contributed by atoms with Crippen molar-refractivity contribution in [2.24, 2.45) is 0 Å². The summed E-state index contributed by atoms with van der Waals surface area (Å²) in [5.74, 6) is -0.256. The molecule has 0 spiro atoms. The Kier molecular flexibility index (Phi) is 7.54. The molecule has 0 saturated heterocycles. The number of hydrogen-bond acceptors (Lipinski definition) is 3. The lowest BCUT2D eigenvalue weighted by Crippen LogP contribution is -2.03. The standard InChI is InChI=1S/C9H10O2.C2H6OS/c1-2-11-9(10)8-6-4-3-5-7-8;1-4(2)3/h3-7H,2H2,1H3;1-2H3. The van der Waals surface area contributed by atoms with Gasteiger partial charge in [0.15, 0.2) is 0 Å². The summed E-state index contributed by atoms with van der Waals surface area (Å²) in [6.07, 6.45) is 3.28. The van der Waals surface area contributed by atoms with Gasteiger partial charge in [0.25, 0.3) is 0 Å². The zero-order valence-corrected chi connectivity index (χ0v) is 10.0. The molecule has 1 rings (SSSR count). The van der Waals surface area contributed by atoms with Crippen molar-refractivity contribution in [3.05, 3.63) is 35.9 Å². The quantitative estimate of drug-likeness (QED) is 0.726.